The Morgan fingerprint density at radius 1 is 1.12 bits per heavy atom. The summed E-state index contributed by atoms with van der Waals surface area (Å²) in [6.07, 6.45) is -0.0366. The normalized spacial score (nSPS) is 16.8. The highest BCUT2D eigenvalue weighted by Gasteiger charge is 2.39. The maximum atomic E-state index is 12.5. The number of hydrogen-bond acceptors (Lipinski definition) is 5. The maximum absolute atomic E-state index is 12.5. The lowest BCUT2D eigenvalue weighted by atomic mass is 10.2. The smallest absolute Gasteiger partial charge is 0.265 e. The topological polar surface area (TPSA) is 87.7 Å². The van der Waals surface area contributed by atoms with Crippen LogP contribution >= 0.6 is 0 Å². The van der Waals surface area contributed by atoms with Gasteiger partial charge in [-0.3, -0.25) is 19.8 Å². The van der Waals surface area contributed by atoms with Crippen molar-refractivity contribution in [2.45, 2.75) is 12.5 Å². The summed E-state index contributed by atoms with van der Waals surface area (Å²) in [6.45, 7) is 0. The lowest BCUT2D eigenvalue weighted by Crippen LogP contribution is -2.48. The van der Waals surface area contributed by atoms with E-state index in [1.807, 2.05) is 0 Å². The second-order valence-corrected chi connectivity index (χ2v) is 5.49. The molecule has 7 nitrogen and oxygen atoms in total. The summed E-state index contributed by atoms with van der Waals surface area (Å²) in [7, 11) is 1.51. The van der Waals surface area contributed by atoms with E-state index in [-0.39, 0.29) is 18.2 Å². The van der Waals surface area contributed by atoms with Crippen molar-refractivity contribution < 1.29 is 19.1 Å². The third kappa shape index (κ3) is 3.51. The van der Waals surface area contributed by atoms with Crippen LogP contribution in [0.3, 0.4) is 0 Å². The van der Waals surface area contributed by atoms with Crippen molar-refractivity contribution in [2.24, 2.45) is 0 Å². The Morgan fingerprint density at radius 3 is 2.60 bits per heavy atom. The molecule has 1 aliphatic rings. The van der Waals surface area contributed by atoms with Gasteiger partial charge in [0.1, 0.15) is 11.8 Å². The zero-order chi connectivity index (χ0) is 17.8. The number of amides is 3. The standard InChI is InChI=1S/C18H17N3O4/c1-25-14-9-5-8-13(10-14)21-16(22)11-15(18(21)24)19-20-17(23)12-6-3-2-4-7-12/h2-10,15,19H,11H2,1H3,(H,20,23)/t15-/m1/s1. The molecule has 0 unspecified atom stereocenters. The van der Waals surface area contributed by atoms with Gasteiger partial charge in [0.15, 0.2) is 0 Å². The van der Waals surface area contributed by atoms with E-state index in [1.165, 1.54) is 7.11 Å². The predicted octanol–water partition coefficient (Wildman–Crippen LogP) is 1.26. The molecule has 25 heavy (non-hydrogen) atoms. The van der Waals surface area contributed by atoms with Gasteiger partial charge in [-0.25, -0.2) is 10.3 Å². The second-order valence-electron chi connectivity index (χ2n) is 5.49. The SMILES string of the molecule is COc1cccc(N2C(=O)C[C@@H](NNC(=O)c3ccccc3)C2=O)c1. The first kappa shape index (κ1) is 16.7. The molecule has 1 atom stereocenters. The molecule has 0 aliphatic carbocycles. The Hall–Kier alpha value is -3.19. The Morgan fingerprint density at radius 2 is 1.88 bits per heavy atom. The van der Waals surface area contributed by atoms with E-state index in [1.54, 1.807) is 54.6 Å². The molecule has 0 aromatic heterocycles. The molecule has 2 aromatic rings. The minimum Gasteiger partial charge on any atom is -0.497 e. The van der Waals surface area contributed by atoms with Crippen molar-refractivity contribution in [1.29, 1.82) is 0 Å². The van der Waals surface area contributed by atoms with Crippen LogP contribution in [0.25, 0.3) is 0 Å². The summed E-state index contributed by atoms with van der Waals surface area (Å²) in [4.78, 5) is 37.9. The molecular formula is C18H17N3O4. The molecule has 0 spiro atoms. The Kier molecular flexibility index (Phi) is 4.76. The number of benzene rings is 2. The van der Waals surface area contributed by atoms with Gasteiger partial charge >= 0.3 is 0 Å². The number of rotatable bonds is 5. The number of nitrogens with zero attached hydrogens (tertiary/aromatic N) is 1. The highest BCUT2D eigenvalue weighted by Crippen LogP contribution is 2.26. The molecule has 7 heteroatoms. The van der Waals surface area contributed by atoms with E-state index < -0.39 is 11.9 Å². The van der Waals surface area contributed by atoms with Gasteiger partial charge in [0.05, 0.1) is 19.2 Å². The Labute approximate surface area is 144 Å². The average molecular weight is 339 g/mol. The number of ether oxygens (including phenoxy) is 1. The van der Waals surface area contributed by atoms with Crippen LogP contribution in [0.4, 0.5) is 5.69 Å². The number of anilines is 1. The zero-order valence-corrected chi connectivity index (χ0v) is 13.6. The fourth-order valence-electron chi connectivity index (χ4n) is 2.58. The number of hydrazine groups is 1. The van der Waals surface area contributed by atoms with E-state index in [0.29, 0.717) is 17.0 Å². The van der Waals surface area contributed by atoms with Crippen LogP contribution in [-0.4, -0.2) is 30.9 Å². The summed E-state index contributed by atoms with van der Waals surface area (Å²) < 4.78 is 5.12. The van der Waals surface area contributed by atoms with E-state index in [4.69, 9.17) is 4.74 Å². The number of carbonyl (C=O) groups is 3. The maximum Gasteiger partial charge on any atom is 0.265 e. The first-order valence-corrected chi connectivity index (χ1v) is 7.72. The first-order chi connectivity index (χ1) is 12.1. The lowest BCUT2D eigenvalue weighted by molar-refractivity contribution is -0.121. The number of methoxy groups -OCH3 is 1. The van der Waals surface area contributed by atoms with E-state index in [0.717, 1.165) is 4.90 Å². The third-order valence-corrected chi connectivity index (χ3v) is 3.85. The first-order valence-electron chi connectivity index (χ1n) is 7.72. The summed E-state index contributed by atoms with van der Waals surface area (Å²) in [6, 6.07) is 14.5. The molecule has 3 amide bonds. The highest BCUT2D eigenvalue weighted by atomic mass is 16.5. The Bertz CT molecular complexity index is 807. The average Bonchev–Trinajstić information content (AvgIpc) is 2.94. The fourth-order valence-corrected chi connectivity index (χ4v) is 2.58. The third-order valence-electron chi connectivity index (χ3n) is 3.85. The molecule has 1 aliphatic heterocycles. The van der Waals surface area contributed by atoms with Crippen molar-refractivity contribution in [3.05, 3.63) is 60.2 Å². The lowest BCUT2D eigenvalue weighted by Gasteiger charge is -2.16. The van der Waals surface area contributed by atoms with Gasteiger partial charge < -0.3 is 4.74 Å². The monoisotopic (exact) mass is 339 g/mol. The van der Waals surface area contributed by atoms with Crippen LogP contribution in [0.2, 0.25) is 0 Å². The van der Waals surface area contributed by atoms with Crippen molar-refractivity contribution in [2.75, 3.05) is 12.0 Å². The van der Waals surface area contributed by atoms with Gasteiger partial charge in [0.25, 0.3) is 11.8 Å². The van der Waals surface area contributed by atoms with Crippen molar-refractivity contribution in [1.82, 2.24) is 10.9 Å². The van der Waals surface area contributed by atoms with Gasteiger partial charge in [-0.05, 0) is 24.3 Å². The van der Waals surface area contributed by atoms with Gasteiger partial charge in [0.2, 0.25) is 5.91 Å². The number of carbonyl (C=O) groups excluding carboxylic acids is 3. The van der Waals surface area contributed by atoms with Crippen molar-refractivity contribution in [3.8, 4) is 5.75 Å². The highest BCUT2D eigenvalue weighted by molar-refractivity contribution is 6.22. The molecule has 1 heterocycles. The minimum absolute atomic E-state index is 0.0366. The molecule has 1 saturated heterocycles. The predicted molar refractivity (Wildman–Crippen MR) is 90.9 cm³/mol. The van der Waals surface area contributed by atoms with Crippen LogP contribution in [0.1, 0.15) is 16.8 Å². The Balaban J connectivity index is 1.68. The minimum atomic E-state index is -0.814. The molecule has 0 radical (unpaired) electrons. The number of hydrogen-bond donors (Lipinski definition) is 2. The quantitative estimate of drug-likeness (QED) is 0.632. The molecule has 3 rings (SSSR count). The van der Waals surface area contributed by atoms with Crippen LogP contribution in [-0.2, 0) is 9.59 Å². The molecule has 0 bridgehead atoms. The van der Waals surface area contributed by atoms with Crippen molar-refractivity contribution >= 4 is 23.4 Å². The molecule has 0 saturated carbocycles. The van der Waals surface area contributed by atoms with Crippen LogP contribution in [0, 0.1) is 0 Å². The molecule has 2 aromatic carbocycles. The molecule has 2 N–H and O–H groups in total. The summed E-state index contributed by atoms with van der Waals surface area (Å²) in [5.41, 5.74) is 6.01. The molecule has 128 valence electrons. The molecule has 1 fully saturated rings. The van der Waals surface area contributed by atoms with Crippen LogP contribution in [0.5, 0.6) is 5.75 Å². The summed E-state index contributed by atoms with van der Waals surface area (Å²) >= 11 is 0. The van der Waals surface area contributed by atoms with Crippen molar-refractivity contribution in [3.63, 3.8) is 0 Å². The summed E-state index contributed by atoms with van der Waals surface area (Å²) in [5.74, 6) is -0.594. The van der Waals surface area contributed by atoms with Gasteiger partial charge in [-0.1, -0.05) is 24.3 Å². The van der Waals surface area contributed by atoms with E-state index >= 15 is 0 Å². The number of nitrogens with one attached hydrogen (secondary N) is 2. The van der Waals surface area contributed by atoms with Crippen LogP contribution < -0.4 is 20.5 Å². The second kappa shape index (κ2) is 7.14. The van der Waals surface area contributed by atoms with E-state index in [9.17, 15) is 14.4 Å². The largest absolute Gasteiger partial charge is 0.497 e. The van der Waals surface area contributed by atoms with E-state index in [2.05, 4.69) is 10.9 Å². The van der Waals surface area contributed by atoms with Gasteiger partial charge in [0, 0.05) is 11.6 Å². The summed E-state index contributed by atoms with van der Waals surface area (Å²) in [5, 5.41) is 0. The van der Waals surface area contributed by atoms with Gasteiger partial charge in [-0.2, -0.15) is 0 Å². The van der Waals surface area contributed by atoms with Gasteiger partial charge in [-0.15, -0.1) is 0 Å². The van der Waals surface area contributed by atoms with Crippen LogP contribution in [0.15, 0.2) is 54.6 Å². The number of imide groups is 1. The zero-order valence-electron chi connectivity index (χ0n) is 13.6. The fraction of sp³-hybridized carbons (Fsp3) is 0.167. The molecular weight excluding hydrogens is 322 g/mol.